The van der Waals surface area contributed by atoms with E-state index < -0.39 is 0 Å². The standard InChI is InChI=1S/C11H15N3OS/c1-3-7-14(4-2)11(15)9-8-16-10(13-9)5-6-12/h1,8H,4-7,12H2,2H3. The van der Waals surface area contributed by atoms with Crippen molar-refractivity contribution in [1.29, 1.82) is 0 Å². The fraction of sp³-hybridized carbons (Fsp3) is 0.455. The summed E-state index contributed by atoms with van der Waals surface area (Å²) in [7, 11) is 0. The molecule has 0 bridgehead atoms. The molecule has 0 radical (unpaired) electrons. The van der Waals surface area contributed by atoms with Crippen LogP contribution in [-0.4, -0.2) is 35.4 Å². The minimum absolute atomic E-state index is 0.111. The molecule has 1 aromatic rings. The van der Waals surface area contributed by atoms with E-state index in [2.05, 4.69) is 10.9 Å². The van der Waals surface area contributed by atoms with Crippen LogP contribution in [0, 0.1) is 12.3 Å². The molecule has 0 aliphatic rings. The molecule has 16 heavy (non-hydrogen) atoms. The van der Waals surface area contributed by atoms with E-state index in [1.54, 1.807) is 10.3 Å². The number of nitrogens with zero attached hydrogens (tertiary/aromatic N) is 2. The Balaban J connectivity index is 2.75. The summed E-state index contributed by atoms with van der Waals surface area (Å²) < 4.78 is 0. The Hall–Kier alpha value is -1.38. The van der Waals surface area contributed by atoms with Crippen molar-refractivity contribution in [2.75, 3.05) is 19.6 Å². The number of thiazole rings is 1. The first kappa shape index (κ1) is 12.7. The highest BCUT2D eigenvalue weighted by molar-refractivity contribution is 7.09. The van der Waals surface area contributed by atoms with E-state index >= 15 is 0 Å². The topological polar surface area (TPSA) is 59.2 Å². The second-order valence-corrected chi connectivity index (χ2v) is 4.13. The van der Waals surface area contributed by atoms with Gasteiger partial charge in [0.2, 0.25) is 0 Å². The van der Waals surface area contributed by atoms with Crippen molar-refractivity contribution in [3.8, 4) is 12.3 Å². The Bertz CT molecular complexity index is 394. The number of rotatable bonds is 5. The summed E-state index contributed by atoms with van der Waals surface area (Å²) in [4.78, 5) is 17.7. The van der Waals surface area contributed by atoms with Gasteiger partial charge in [0, 0.05) is 18.3 Å². The van der Waals surface area contributed by atoms with Crippen molar-refractivity contribution in [3.05, 3.63) is 16.1 Å². The summed E-state index contributed by atoms with van der Waals surface area (Å²) >= 11 is 1.46. The first-order valence-electron chi connectivity index (χ1n) is 5.10. The maximum Gasteiger partial charge on any atom is 0.274 e. The van der Waals surface area contributed by atoms with E-state index in [4.69, 9.17) is 12.2 Å². The van der Waals surface area contributed by atoms with Crippen LogP contribution in [0.4, 0.5) is 0 Å². The number of nitrogens with two attached hydrogens (primary N) is 1. The lowest BCUT2D eigenvalue weighted by Crippen LogP contribution is -2.31. The van der Waals surface area contributed by atoms with E-state index in [1.165, 1.54) is 11.3 Å². The zero-order valence-corrected chi connectivity index (χ0v) is 10.1. The monoisotopic (exact) mass is 237 g/mol. The number of amides is 1. The van der Waals surface area contributed by atoms with Gasteiger partial charge in [0.1, 0.15) is 5.69 Å². The Morgan fingerprint density at radius 3 is 3.06 bits per heavy atom. The molecule has 1 amide bonds. The van der Waals surface area contributed by atoms with Gasteiger partial charge >= 0.3 is 0 Å². The zero-order valence-electron chi connectivity index (χ0n) is 9.27. The highest BCUT2D eigenvalue weighted by atomic mass is 32.1. The zero-order chi connectivity index (χ0) is 12.0. The molecule has 0 fully saturated rings. The van der Waals surface area contributed by atoms with Crippen LogP contribution in [0.25, 0.3) is 0 Å². The van der Waals surface area contributed by atoms with Crippen molar-refractivity contribution in [2.24, 2.45) is 5.73 Å². The SMILES string of the molecule is C#CCN(CC)C(=O)c1csc(CCN)n1. The first-order chi connectivity index (χ1) is 7.72. The van der Waals surface area contributed by atoms with Gasteiger partial charge in [-0.2, -0.15) is 0 Å². The van der Waals surface area contributed by atoms with Gasteiger partial charge in [-0.1, -0.05) is 5.92 Å². The summed E-state index contributed by atoms with van der Waals surface area (Å²) in [5.74, 6) is 2.35. The Morgan fingerprint density at radius 1 is 1.75 bits per heavy atom. The highest BCUT2D eigenvalue weighted by Gasteiger charge is 2.16. The normalized spacial score (nSPS) is 9.81. The first-order valence-corrected chi connectivity index (χ1v) is 5.98. The van der Waals surface area contributed by atoms with Crippen molar-refractivity contribution >= 4 is 17.2 Å². The summed E-state index contributed by atoms with van der Waals surface area (Å²) in [5.41, 5.74) is 5.89. The van der Waals surface area contributed by atoms with E-state index in [-0.39, 0.29) is 5.91 Å². The summed E-state index contributed by atoms with van der Waals surface area (Å²) in [6, 6.07) is 0. The molecular weight excluding hydrogens is 222 g/mol. The van der Waals surface area contributed by atoms with Gasteiger partial charge in [0.15, 0.2) is 0 Å². The number of hydrogen-bond acceptors (Lipinski definition) is 4. The Labute approximate surface area is 99.5 Å². The molecule has 1 aromatic heterocycles. The molecule has 0 unspecified atom stereocenters. The Kier molecular flexibility index (Phi) is 4.96. The highest BCUT2D eigenvalue weighted by Crippen LogP contribution is 2.12. The van der Waals surface area contributed by atoms with Gasteiger partial charge in [-0.25, -0.2) is 4.98 Å². The molecule has 0 aromatic carbocycles. The molecule has 1 heterocycles. The molecule has 0 spiro atoms. The molecule has 2 N–H and O–H groups in total. The van der Waals surface area contributed by atoms with Crippen molar-refractivity contribution < 1.29 is 4.79 Å². The van der Waals surface area contributed by atoms with Crippen LogP contribution in [0.1, 0.15) is 22.4 Å². The number of terminal acetylenes is 1. The molecule has 0 saturated carbocycles. The largest absolute Gasteiger partial charge is 0.330 e. The van der Waals surface area contributed by atoms with Crippen LogP contribution < -0.4 is 5.73 Å². The van der Waals surface area contributed by atoms with Crippen molar-refractivity contribution in [2.45, 2.75) is 13.3 Å². The Morgan fingerprint density at radius 2 is 2.50 bits per heavy atom. The summed E-state index contributed by atoms with van der Waals surface area (Å²) in [6.07, 6.45) is 5.90. The maximum atomic E-state index is 11.9. The molecule has 0 atom stereocenters. The molecular formula is C11H15N3OS. The lowest BCUT2D eigenvalue weighted by Gasteiger charge is -2.16. The molecule has 0 saturated heterocycles. The van der Waals surface area contributed by atoms with Gasteiger partial charge in [-0.3, -0.25) is 4.79 Å². The third kappa shape index (κ3) is 3.05. The average Bonchev–Trinajstić information content (AvgIpc) is 2.74. The fourth-order valence-corrected chi connectivity index (χ4v) is 2.03. The maximum absolute atomic E-state index is 11.9. The predicted molar refractivity (Wildman–Crippen MR) is 65.3 cm³/mol. The van der Waals surface area contributed by atoms with Gasteiger partial charge in [0.25, 0.3) is 5.91 Å². The second-order valence-electron chi connectivity index (χ2n) is 3.19. The van der Waals surface area contributed by atoms with E-state index in [1.807, 2.05) is 6.92 Å². The minimum Gasteiger partial charge on any atom is -0.330 e. The van der Waals surface area contributed by atoms with E-state index in [0.717, 1.165) is 5.01 Å². The number of aromatic nitrogens is 1. The molecule has 1 rings (SSSR count). The molecule has 0 aliphatic carbocycles. The lowest BCUT2D eigenvalue weighted by atomic mass is 10.3. The summed E-state index contributed by atoms with van der Waals surface area (Å²) in [5, 5.41) is 2.65. The summed E-state index contributed by atoms with van der Waals surface area (Å²) in [6.45, 7) is 3.34. The van der Waals surface area contributed by atoms with Crippen molar-refractivity contribution in [3.63, 3.8) is 0 Å². The molecule has 0 aliphatic heterocycles. The van der Waals surface area contributed by atoms with Crippen LogP contribution in [0.2, 0.25) is 0 Å². The second kappa shape index (κ2) is 6.26. The van der Waals surface area contributed by atoms with Crippen LogP contribution in [0.5, 0.6) is 0 Å². The third-order valence-corrected chi connectivity index (χ3v) is 2.99. The van der Waals surface area contributed by atoms with Crippen LogP contribution in [0.15, 0.2) is 5.38 Å². The fourth-order valence-electron chi connectivity index (χ4n) is 1.25. The van der Waals surface area contributed by atoms with Crippen LogP contribution in [0.3, 0.4) is 0 Å². The van der Waals surface area contributed by atoms with E-state index in [0.29, 0.717) is 31.7 Å². The number of hydrogen-bond donors (Lipinski definition) is 1. The van der Waals surface area contributed by atoms with Gasteiger partial charge < -0.3 is 10.6 Å². The number of carbonyl (C=O) groups is 1. The molecule has 4 nitrogen and oxygen atoms in total. The van der Waals surface area contributed by atoms with Crippen LogP contribution >= 0.6 is 11.3 Å². The van der Waals surface area contributed by atoms with Gasteiger partial charge in [-0.15, -0.1) is 17.8 Å². The quantitative estimate of drug-likeness (QED) is 0.768. The number of carbonyl (C=O) groups excluding carboxylic acids is 1. The van der Waals surface area contributed by atoms with E-state index in [9.17, 15) is 4.79 Å². The van der Waals surface area contributed by atoms with Gasteiger partial charge in [0.05, 0.1) is 11.6 Å². The smallest absolute Gasteiger partial charge is 0.274 e. The van der Waals surface area contributed by atoms with Crippen molar-refractivity contribution in [1.82, 2.24) is 9.88 Å². The van der Waals surface area contributed by atoms with Crippen LogP contribution in [-0.2, 0) is 6.42 Å². The lowest BCUT2D eigenvalue weighted by molar-refractivity contribution is 0.0779. The minimum atomic E-state index is -0.111. The molecule has 86 valence electrons. The third-order valence-electron chi connectivity index (χ3n) is 2.08. The average molecular weight is 237 g/mol. The van der Waals surface area contributed by atoms with Gasteiger partial charge in [-0.05, 0) is 13.5 Å². The molecule has 5 heteroatoms. The predicted octanol–water partition coefficient (Wildman–Crippen LogP) is 0.740.